The van der Waals surface area contributed by atoms with Crippen molar-refractivity contribution in [1.29, 1.82) is 0 Å². The number of aliphatic imine (C=N–C) groups is 1. The molecule has 1 aromatic rings. The van der Waals surface area contributed by atoms with Gasteiger partial charge >= 0.3 is 0 Å². The molecular formula is C19H31N3O2. The zero-order chi connectivity index (χ0) is 17.4. The van der Waals surface area contributed by atoms with E-state index in [0.717, 1.165) is 49.5 Å². The van der Waals surface area contributed by atoms with E-state index >= 15 is 0 Å². The van der Waals surface area contributed by atoms with Crippen LogP contribution < -0.4 is 10.1 Å². The van der Waals surface area contributed by atoms with Gasteiger partial charge in [-0.3, -0.25) is 0 Å². The highest BCUT2D eigenvalue weighted by atomic mass is 16.5. The number of methoxy groups -OCH3 is 1. The van der Waals surface area contributed by atoms with E-state index in [2.05, 4.69) is 37.2 Å². The molecule has 0 aliphatic heterocycles. The minimum absolute atomic E-state index is 0.633. The van der Waals surface area contributed by atoms with E-state index < -0.39 is 0 Å². The van der Waals surface area contributed by atoms with Crippen LogP contribution in [0.4, 0.5) is 0 Å². The first-order valence-corrected chi connectivity index (χ1v) is 8.84. The van der Waals surface area contributed by atoms with E-state index in [4.69, 9.17) is 14.5 Å². The molecule has 1 N–H and O–H groups in total. The number of hydrogen-bond acceptors (Lipinski definition) is 3. The fourth-order valence-electron chi connectivity index (χ4n) is 2.51. The van der Waals surface area contributed by atoms with Gasteiger partial charge in [0.25, 0.3) is 0 Å². The highest BCUT2D eigenvalue weighted by Gasteiger charge is 2.21. The number of benzene rings is 1. The van der Waals surface area contributed by atoms with Crippen molar-refractivity contribution >= 4 is 5.96 Å². The first-order valence-electron chi connectivity index (χ1n) is 8.84. The van der Waals surface area contributed by atoms with E-state index in [0.29, 0.717) is 6.54 Å². The zero-order valence-corrected chi connectivity index (χ0v) is 15.5. The summed E-state index contributed by atoms with van der Waals surface area (Å²) in [4.78, 5) is 6.88. The molecule has 0 unspecified atom stereocenters. The molecule has 0 bridgehead atoms. The van der Waals surface area contributed by atoms with Gasteiger partial charge in [-0.25, -0.2) is 4.99 Å². The number of nitrogens with one attached hydrogen (secondary N) is 1. The second-order valence-electron chi connectivity index (χ2n) is 6.47. The van der Waals surface area contributed by atoms with Crippen molar-refractivity contribution in [2.24, 2.45) is 10.9 Å². The van der Waals surface area contributed by atoms with Crippen molar-refractivity contribution in [2.75, 3.05) is 40.5 Å². The quantitative estimate of drug-likeness (QED) is 0.429. The van der Waals surface area contributed by atoms with Crippen LogP contribution in [0.1, 0.15) is 30.9 Å². The molecule has 2 rings (SSSR count). The summed E-state index contributed by atoms with van der Waals surface area (Å²) >= 11 is 0. The summed E-state index contributed by atoms with van der Waals surface area (Å²) in [6, 6.07) is 6.22. The molecule has 1 saturated carbocycles. The summed E-state index contributed by atoms with van der Waals surface area (Å²) in [5.41, 5.74) is 2.34. The van der Waals surface area contributed by atoms with Crippen molar-refractivity contribution in [3.8, 4) is 5.75 Å². The van der Waals surface area contributed by atoms with Gasteiger partial charge in [-0.1, -0.05) is 6.07 Å². The van der Waals surface area contributed by atoms with Crippen LogP contribution in [0.3, 0.4) is 0 Å². The molecule has 0 heterocycles. The predicted octanol–water partition coefficient (Wildman–Crippen LogP) is 2.83. The summed E-state index contributed by atoms with van der Waals surface area (Å²) in [7, 11) is 3.75. The third-order valence-corrected chi connectivity index (χ3v) is 4.08. The normalized spacial score (nSPS) is 14.6. The second-order valence-corrected chi connectivity index (χ2v) is 6.47. The molecule has 0 radical (unpaired) electrons. The zero-order valence-electron chi connectivity index (χ0n) is 15.5. The van der Waals surface area contributed by atoms with E-state index in [1.165, 1.54) is 18.4 Å². The monoisotopic (exact) mass is 333 g/mol. The molecule has 0 amide bonds. The van der Waals surface area contributed by atoms with Crippen LogP contribution in [0, 0.1) is 12.8 Å². The third kappa shape index (κ3) is 6.40. The first-order chi connectivity index (χ1) is 11.6. The van der Waals surface area contributed by atoms with Crippen LogP contribution in [-0.4, -0.2) is 51.3 Å². The van der Waals surface area contributed by atoms with Crippen LogP contribution in [0.5, 0.6) is 5.75 Å². The third-order valence-electron chi connectivity index (χ3n) is 4.08. The fraction of sp³-hybridized carbons (Fsp3) is 0.632. The van der Waals surface area contributed by atoms with Crippen molar-refractivity contribution < 1.29 is 9.47 Å². The van der Waals surface area contributed by atoms with Crippen molar-refractivity contribution in [1.82, 2.24) is 10.2 Å². The number of hydrogen-bond donors (Lipinski definition) is 1. The standard InChI is InChI=1S/C19H31N3O2/c1-5-20-19(22(3)8-9-24-14-16-6-7-16)21-13-17-10-15(2)11-18(12-17)23-4/h10-12,16H,5-9,13-14H2,1-4H3,(H,20,21). The van der Waals surface area contributed by atoms with Gasteiger partial charge in [-0.2, -0.15) is 0 Å². The molecule has 134 valence electrons. The van der Waals surface area contributed by atoms with Crippen molar-refractivity contribution in [3.05, 3.63) is 29.3 Å². The predicted molar refractivity (Wildman–Crippen MR) is 98.7 cm³/mol. The van der Waals surface area contributed by atoms with E-state index in [9.17, 15) is 0 Å². The summed E-state index contributed by atoms with van der Waals surface area (Å²) in [5.74, 6) is 2.61. The smallest absolute Gasteiger partial charge is 0.194 e. The minimum Gasteiger partial charge on any atom is -0.497 e. The lowest BCUT2D eigenvalue weighted by atomic mass is 10.1. The van der Waals surface area contributed by atoms with Gasteiger partial charge in [-0.05, 0) is 55.9 Å². The maximum atomic E-state index is 5.72. The van der Waals surface area contributed by atoms with Crippen molar-refractivity contribution in [2.45, 2.75) is 33.2 Å². The molecule has 5 heteroatoms. The maximum absolute atomic E-state index is 5.72. The first kappa shape index (κ1) is 18.6. The molecule has 1 aliphatic carbocycles. The van der Waals surface area contributed by atoms with E-state index in [1.807, 2.05) is 12.1 Å². The lowest BCUT2D eigenvalue weighted by Crippen LogP contribution is -2.40. The van der Waals surface area contributed by atoms with Crippen LogP contribution in [0.25, 0.3) is 0 Å². The number of guanidine groups is 1. The van der Waals surface area contributed by atoms with Crippen molar-refractivity contribution in [3.63, 3.8) is 0 Å². The number of likely N-dealkylation sites (N-methyl/N-ethyl adjacent to an activating group) is 1. The summed E-state index contributed by atoms with van der Waals surface area (Å²) in [6.07, 6.45) is 2.67. The van der Waals surface area contributed by atoms with Crippen LogP contribution in [0.2, 0.25) is 0 Å². The average molecular weight is 333 g/mol. The molecule has 0 spiro atoms. The molecule has 24 heavy (non-hydrogen) atoms. The summed E-state index contributed by atoms with van der Waals surface area (Å²) in [6.45, 7) is 8.14. The number of ether oxygens (including phenoxy) is 2. The Balaban J connectivity index is 1.89. The highest BCUT2D eigenvalue weighted by Crippen LogP contribution is 2.28. The van der Waals surface area contributed by atoms with E-state index in [1.54, 1.807) is 7.11 Å². The molecule has 0 saturated heterocycles. The average Bonchev–Trinajstić information content (AvgIpc) is 3.39. The topological polar surface area (TPSA) is 46.1 Å². The summed E-state index contributed by atoms with van der Waals surface area (Å²) in [5, 5.41) is 3.35. The lowest BCUT2D eigenvalue weighted by Gasteiger charge is -2.22. The molecule has 1 fully saturated rings. The van der Waals surface area contributed by atoms with Crippen LogP contribution in [0.15, 0.2) is 23.2 Å². The Bertz CT molecular complexity index is 541. The fourth-order valence-corrected chi connectivity index (χ4v) is 2.51. The van der Waals surface area contributed by atoms with Gasteiger partial charge in [0.15, 0.2) is 5.96 Å². The number of rotatable bonds is 9. The minimum atomic E-state index is 0.633. The van der Waals surface area contributed by atoms with Crippen LogP contribution >= 0.6 is 0 Å². The van der Waals surface area contributed by atoms with Gasteiger partial charge < -0.3 is 19.7 Å². The summed E-state index contributed by atoms with van der Waals surface area (Å²) < 4.78 is 11.1. The Hall–Kier alpha value is -1.75. The Kier molecular flexibility index (Phi) is 7.37. The Morgan fingerprint density at radius 3 is 2.79 bits per heavy atom. The number of aryl methyl sites for hydroxylation is 1. The maximum Gasteiger partial charge on any atom is 0.194 e. The molecule has 1 aliphatic rings. The van der Waals surface area contributed by atoms with E-state index in [-0.39, 0.29) is 0 Å². The van der Waals surface area contributed by atoms with Gasteiger partial charge in [0.1, 0.15) is 5.75 Å². The SMILES string of the molecule is CCNC(=NCc1cc(C)cc(OC)c1)N(C)CCOCC1CC1. The largest absolute Gasteiger partial charge is 0.497 e. The van der Waals surface area contributed by atoms with Gasteiger partial charge in [0, 0.05) is 26.7 Å². The molecule has 0 atom stereocenters. The van der Waals surface area contributed by atoms with Gasteiger partial charge in [-0.15, -0.1) is 0 Å². The molecule has 5 nitrogen and oxygen atoms in total. The van der Waals surface area contributed by atoms with Gasteiger partial charge in [0.05, 0.1) is 20.3 Å². The number of nitrogens with zero attached hydrogens (tertiary/aromatic N) is 2. The lowest BCUT2D eigenvalue weighted by molar-refractivity contribution is 0.115. The van der Waals surface area contributed by atoms with Gasteiger partial charge in [0.2, 0.25) is 0 Å². The molecule has 0 aromatic heterocycles. The Morgan fingerprint density at radius 1 is 1.33 bits per heavy atom. The second kappa shape index (κ2) is 9.52. The molecule has 1 aromatic carbocycles. The van der Waals surface area contributed by atoms with Crippen LogP contribution in [-0.2, 0) is 11.3 Å². The Morgan fingerprint density at radius 2 is 2.12 bits per heavy atom. The molecular weight excluding hydrogens is 302 g/mol. The highest BCUT2D eigenvalue weighted by molar-refractivity contribution is 5.79. The Labute approximate surface area is 146 Å².